The zero-order valence-electron chi connectivity index (χ0n) is 9.49. The van der Waals surface area contributed by atoms with Gasteiger partial charge < -0.3 is 5.32 Å². The van der Waals surface area contributed by atoms with E-state index in [9.17, 15) is 8.42 Å². The monoisotopic (exact) mass is 306 g/mol. The molecule has 0 aliphatic rings. The lowest BCUT2D eigenvalue weighted by atomic mass is 10.3. The van der Waals surface area contributed by atoms with Crippen LogP contribution in [0.5, 0.6) is 0 Å². The summed E-state index contributed by atoms with van der Waals surface area (Å²) in [6.07, 6.45) is 2.96. The molecule has 1 aromatic heterocycles. The molecule has 16 heavy (non-hydrogen) atoms. The Balaban J connectivity index is 2.73. The van der Waals surface area contributed by atoms with Gasteiger partial charge in [-0.25, -0.2) is 13.4 Å². The molecule has 0 aliphatic carbocycles. The van der Waals surface area contributed by atoms with E-state index in [1.165, 1.54) is 6.26 Å². The second kappa shape index (κ2) is 5.14. The molecule has 0 spiro atoms. The first kappa shape index (κ1) is 13.4. The highest BCUT2D eigenvalue weighted by Gasteiger charge is 2.12. The Labute approximate surface area is 105 Å². The Morgan fingerprint density at radius 3 is 2.69 bits per heavy atom. The number of halogens is 1. The first-order chi connectivity index (χ1) is 7.28. The molecule has 0 saturated carbocycles. The average Bonchev–Trinajstić information content (AvgIpc) is 2.06. The van der Waals surface area contributed by atoms with Crippen LogP contribution in [-0.4, -0.2) is 31.5 Å². The second-order valence-electron chi connectivity index (χ2n) is 3.98. The molecule has 6 heteroatoms. The third-order valence-corrected chi connectivity index (χ3v) is 3.62. The summed E-state index contributed by atoms with van der Waals surface area (Å²) in [5, 5.41) is 3.06. The van der Waals surface area contributed by atoms with Crippen LogP contribution in [0.4, 0.5) is 5.82 Å². The molecule has 0 radical (unpaired) electrons. The van der Waals surface area contributed by atoms with Crippen LogP contribution < -0.4 is 5.32 Å². The van der Waals surface area contributed by atoms with Crippen LogP contribution in [-0.2, 0) is 9.84 Å². The van der Waals surface area contributed by atoms with E-state index in [1.807, 2.05) is 19.9 Å². The molecule has 90 valence electrons. The van der Waals surface area contributed by atoms with Crippen LogP contribution >= 0.6 is 15.9 Å². The van der Waals surface area contributed by atoms with Gasteiger partial charge in [0, 0.05) is 18.5 Å². The number of hydrogen-bond donors (Lipinski definition) is 1. The first-order valence-electron chi connectivity index (χ1n) is 4.84. The van der Waals surface area contributed by atoms with Crippen LogP contribution in [0, 0.1) is 6.92 Å². The first-order valence-corrected chi connectivity index (χ1v) is 7.69. The highest BCUT2D eigenvalue weighted by molar-refractivity contribution is 9.10. The van der Waals surface area contributed by atoms with Crippen LogP contribution in [0.3, 0.4) is 0 Å². The number of nitrogens with one attached hydrogen (secondary N) is 1. The normalized spacial score (nSPS) is 13.5. The van der Waals surface area contributed by atoms with Gasteiger partial charge in [0.1, 0.15) is 15.7 Å². The maximum atomic E-state index is 11.1. The number of pyridine rings is 1. The number of anilines is 1. The molecule has 1 N–H and O–H groups in total. The second-order valence-corrected chi connectivity index (χ2v) is 7.02. The standard InChI is InChI=1S/C10H15BrN2O2S/c1-7-4-9(11)10(12-5-7)13-8(2)6-16(3,14)15/h4-5,8H,6H2,1-3H3,(H,12,13). The highest BCUT2D eigenvalue weighted by Crippen LogP contribution is 2.21. The molecule has 1 rings (SSSR count). The number of sulfone groups is 1. The summed E-state index contributed by atoms with van der Waals surface area (Å²) in [4.78, 5) is 4.19. The topological polar surface area (TPSA) is 59.1 Å². The fourth-order valence-electron chi connectivity index (χ4n) is 1.37. The molecule has 4 nitrogen and oxygen atoms in total. The summed E-state index contributed by atoms with van der Waals surface area (Å²) in [6, 6.07) is 1.77. The number of hydrogen-bond acceptors (Lipinski definition) is 4. The van der Waals surface area contributed by atoms with Crippen molar-refractivity contribution < 1.29 is 8.42 Å². The van der Waals surface area contributed by atoms with Gasteiger partial charge >= 0.3 is 0 Å². The number of aromatic nitrogens is 1. The lowest BCUT2D eigenvalue weighted by Gasteiger charge is -2.14. The number of nitrogens with zero attached hydrogens (tertiary/aromatic N) is 1. The average molecular weight is 307 g/mol. The third-order valence-electron chi connectivity index (χ3n) is 1.91. The fourth-order valence-corrected chi connectivity index (χ4v) is 2.94. The molecular weight excluding hydrogens is 292 g/mol. The maximum Gasteiger partial charge on any atom is 0.149 e. The van der Waals surface area contributed by atoms with Crippen molar-refractivity contribution in [3.63, 3.8) is 0 Å². The molecule has 0 aromatic carbocycles. The van der Waals surface area contributed by atoms with Crippen LogP contribution in [0.15, 0.2) is 16.7 Å². The van der Waals surface area contributed by atoms with E-state index in [-0.39, 0.29) is 11.8 Å². The van der Waals surface area contributed by atoms with Gasteiger partial charge in [-0.3, -0.25) is 0 Å². The molecular formula is C10H15BrN2O2S. The van der Waals surface area contributed by atoms with E-state index in [4.69, 9.17) is 0 Å². The molecule has 0 fully saturated rings. The lowest BCUT2D eigenvalue weighted by molar-refractivity contribution is 0.598. The van der Waals surface area contributed by atoms with Crippen molar-refractivity contribution in [1.29, 1.82) is 0 Å². The minimum absolute atomic E-state index is 0.0923. The van der Waals surface area contributed by atoms with Crippen molar-refractivity contribution in [3.05, 3.63) is 22.3 Å². The molecule has 0 amide bonds. The molecule has 0 aliphatic heterocycles. The Morgan fingerprint density at radius 1 is 1.56 bits per heavy atom. The summed E-state index contributed by atoms with van der Waals surface area (Å²) in [7, 11) is -2.97. The highest BCUT2D eigenvalue weighted by atomic mass is 79.9. The quantitative estimate of drug-likeness (QED) is 0.924. The lowest BCUT2D eigenvalue weighted by Crippen LogP contribution is -2.25. The van der Waals surface area contributed by atoms with Gasteiger partial charge in [-0.2, -0.15) is 0 Å². The van der Waals surface area contributed by atoms with E-state index >= 15 is 0 Å². The summed E-state index contributed by atoms with van der Waals surface area (Å²) >= 11 is 3.38. The van der Waals surface area contributed by atoms with E-state index in [2.05, 4.69) is 26.2 Å². The van der Waals surface area contributed by atoms with Gasteiger partial charge in [-0.1, -0.05) is 0 Å². The van der Waals surface area contributed by atoms with Gasteiger partial charge in [0.05, 0.1) is 10.2 Å². The van der Waals surface area contributed by atoms with Gasteiger partial charge in [0.25, 0.3) is 0 Å². The molecule has 1 aromatic rings. The van der Waals surface area contributed by atoms with Crippen LogP contribution in [0.1, 0.15) is 12.5 Å². The van der Waals surface area contributed by atoms with Crippen molar-refractivity contribution in [1.82, 2.24) is 4.98 Å². The van der Waals surface area contributed by atoms with Crippen molar-refractivity contribution in [2.75, 3.05) is 17.3 Å². The Hall–Kier alpha value is -0.620. The molecule has 1 unspecified atom stereocenters. The fraction of sp³-hybridized carbons (Fsp3) is 0.500. The zero-order valence-corrected chi connectivity index (χ0v) is 11.9. The number of rotatable bonds is 4. The summed E-state index contributed by atoms with van der Waals surface area (Å²) in [5.41, 5.74) is 1.05. The SMILES string of the molecule is Cc1cnc(NC(C)CS(C)(=O)=O)c(Br)c1. The van der Waals surface area contributed by atoms with Gasteiger partial charge in [0.15, 0.2) is 0 Å². The molecule has 1 heterocycles. The van der Waals surface area contributed by atoms with Crippen molar-refractivity contribution in [2.45, 2.75) is 19.9 Å². The smallest absolute Gasteiger partial charge is 0.149 e. The van der Waals surface area contributed by atoms with Crippen LogP contribution in [0.25, 0.3) is 0 Å². The van der Waals surface area contributed by atoms with Crippen molar-refractivity contribution >= 4 is 31.6 Å². The van der Waals surface area contributed by atoms with E-state index in [1.54, 1.807) is 6.20 Å². The Morgan fingerprint density at radius 2 is 2.19 bits per heavy atom. The number of aryl methyl sites for hydroxylation is 1. The summed E-state index contributed by atoms with van der Waals surface area (Å²) < 4.78 is 23.0. The zero-order chi connectivity index (χ0) is 12.3. The van der Waals surface area contributed by atoms with Gasteiger partial charge in [-0.15, -0.1) is 0 Å². The van der Waals surface area contributed by atoms with E-state index < -0.39 is 9.84 Å². The predicted octanol–water partition coefficient (Wildman–Crippen LogP) is 2.00. The Kier molecular flexibility index (Phi) is 4.32. The maximum absolute atomic E-state index is 11.1. The van der Waals surface area contributed by atoms with Crippen molar-refractivity contribution in [3.8, 4) is 0 Å². The van der Waals surface area contributed by atoms with Gasteiger partial charge in [0.2, 0.25) is 0 Å². The molecule has 1 atom stereocenters. The van der Waals surface area contributed by atoms with Crippen molar-refractivity contribution in [2.24, 2.45) is 0 Å². The van der Waals surface area contributed by atoms with E-state index in [0.717, 1.165) is 10.0 Å². The summed E-state index contributed by atoms with van der Waals surface area (Å²) in [5.74, 6) is 0.761. The largest absolute Gasteiger partial charge is 0.366 e. The third kappa shape index (κ3) is 4.49. The minimum Gasteiger partial charge on any atom is -0.366 e. The molecule has 0 bridgehead atoms. The van der Waals surface area contributed by atoms with Gasteiger partial charge in [-0.05, 0) is 41.4 Å². The molecule has 0 saturated heterocycles. The predicted molar refractivity (Wildman–Crippen MR) is 69.5 cm³/mol. The van der Waals surface area contributed by atoms with Crippen LogP contribution in [0.2, 0.25) is 0 Å². The van der Waals surface area contributed by atoms with E-state index in [0.29, 0.717) is 5.82 Å². The summed E-state index contributed by atoms with van der Waals surface area (Å²) in [6.45, 7) is 3.76. The minimum atomic E-state index is -2.97. The Bertz CT molecular complexity index is 474.